The second-order valence-corrected chi connectivity index (χ2v) is 11.1. The average Bonchev–Trinajstić information content (AvgIpc) is 2.78. The lowest BCUT2D eigenvalue weighted by molar-refractivity contribution is 0.498. The van der Waals surface area contributed by atoms with E-state index in [0.717, 1.165) is 33.4 Å². The van der Waals surface area contributed by atoms with E-state index in [1.54, 1.807) is 0 Å². The summed E-state index contributed by atoms with van der Waals surface area (Å²) in [6, 6.07) is 24.5. The molecule has 0 saturated carbocycles. The van der Waals surface area contributed by atoms with Gasteiger partial charge in [0.25, 0.3) is 0 Å². The fraction of sp³-hybridized carbons (Fsp3) is 0.258. The largest absolute Gasteiger partial charge is 0.455 e. The zero-order valence-electron chi connectivity index (χ0n) is 20.7. The lowest BCUT2D eigenvalue weighted by Gasteiger charge is -2.26. The van der Waals surface area contributed by atoms with Crippen molar-refractivity contribution >= 4 is 22.3 Å². The highest BCUT2D eigenvalue weighted by atomic mass is 16.5. The Balaban J connectivity index is 1.77. The fourth-order valence-corrected chi connectivity index (χ4v) is 4.51. The maximum Gasteiger partial charge on any atom is 0.339 e. The summed E-state index contributed by atoms with van der Waals surface area (Å²) >= 11 is 0. The van der Waals surface area contributed by atoms with Crippen molar-refractivity contribution in [1.82, 2.24) is 0 Å². The molecular weight excluding hydrogens is 420 g/mol. The van der Waals surface area contributed by atoms with E-state index >= 15 is 0 Å². The highest BCUT2D eigenvalue weighted by Gasteiger charge is 2.27. The van der Waals surface area contributed by atoms with Crippen LogP contribution in [0.1, 0.15) is 69.4 Å². The van der Waals surface area contributed by atoms with Crippen molar-refractivity contribution in [3.8, 4) is 5.75 Å². The Kier molecular flexibility index (Phi) is 5.05. The molecule has 0 atom stereocenters. The minimum absolute atomic E-state index is 0.0586. The molecule has 0 amide bonds. The Labute approximate surface area is 200 Å². The van der Waals surface area contributed by atoms with Crippen molar-refractivity contribution < 1.29 is 9.15 Å². The second kappa shape index (κ2) is 7.73. The first-order chi connectivity index (χ1) is 16.0. The molecule has 3 nitrogen and oxygen atoms in total. The Morgan fingerprint density at radius 3 is 1.79 bits per heavy atom. The molecule has 1 aliphatic heterocycles. The molecule has 0 N–H and O–H groups in total. The summed E-state index contributed by atoms with van der Waals surface area (Å²) < 4.78 is 12.0. The third kappa shape index (κ3) is 3.86. The van der Waals surface area contributed by atoms with Crippen LogP contribution in [0.25, 0.3) is 22.3 Å². The van der Waals surface area contributed by atoms with Crippen LogP contribution in [0.4, 0.5) is 0 Å². The van der Waals surface area contributed by atoms with E-state index in [4.69, 9.17) is 9.15 Å². The predicted molar refractivity (Wildman–Crippen MR) is 139 cm³/mol. The molecular formula is C31H30O3. The van der Waals surface area contributed by atoms with Gasteiger partial charge >= 0.3 is 5.63 Å². The van der Waals surface area contributed by atoms with E-state index in [1.807, 2.05) is 12.1 Å². The van der Waals surface area contributed by atoms with Gasteiger partial charge < -0.3 is 9.15 Å². The Morgan fingerprint density at radius 1 is 0.676 bits per heavy atom. The Morgan fingerprint density at radius 2 is 1.24 bits per heavy atom. The van der Waals surface area contributed by atoms with Gasteiger partial charge in [-0.25, -0.2) is 4.79 Å². The maximum absolute atomic E-state index is 12.2. The molecule has 172 valence electrons. The van der Waals surface area contributed by atoms with E-state index < -0.39 is 5.63 Å². The summed E-state index contributed by atoms with van der Waals surface area (Å²) in [6.45, 7) is 13.3. The highest BCUT2D eigenvalue weighted by Crippen LogP contribution is 2.45. The normalized spacial score (nSPS) is 13.8. The predicted octanol–water partition coefficient (Wildman–Crippen LogP) is 7.70. The van der Waals surface area contributed by atoms with Crippen molar-refractivity contribution in [2.75, 3.05) is 0 Å². The van der Waals surface area contributed by atoms with Crippen LogP contribution in [-0.4, -0.2) is 0 Å². The van der Waals surface area contributed by atoms with Crippen LogP contribution in [0.3, 0.4) is 0 Å². The van der Waals surface area contributed by atoms with Gasteiger partial charge in [-0.3, -0.25) is 0 Å². The van der Waals surface area contributed by atoms with Gasteiger partial charge in [-0.2, -0.15) is 0 Å². The first-order valence-electron chi connectivity index (χ1n) is 11.7. The zero-order valence-corrected chi connectivity index (χ0v) is 20.7. The van der Waals surface area contributed by atoms with Crippen molar-refractivity contribution in [3.63, 3.8) is 0 Å². The maximum atomic E-state index is 12.2. The van der Waals surface area contributed by atoms with E-state index in [-0.39, 0.29) is 10.8 Å². The van der Waals surface area contributed by atoms with Crippen molar-refractivity contribution in [2.24, 2.45) is 0 Å². The summed E-state index contributed by atoms with van der Waals surface area (Å²) in [4.78, 5) is 12.2. The van der Waals surface area contributed by atoms with Gasteiger partial charge in [0.2, 0.25) is 0 Å². The van der Waals surface area contributed by atoms with Gasteiger partial charge in [0.15, 0.2) is 0 Å². The van der Waals surface area contributed by atoms with Crippen LogP contribution in [-0.2, 0) is 10.8 Å². The number of benzene rings is 3. The van der Waals surface area contributed by atoms with Gasteiger partial charge in [0, 0.05) is 16.7 Å². The number of rotatable bonds is 2. The van der Waals surface area contributed by atoms with Crippen LogP contribution in [0.2, 0.25) is 0 Å². The quantitative estimate of drug-likeness (QED) is 0.294. The third-order valence-electron chi connectivity index (χ3n) is 6.49. The first kappa shape index (κ1) is 22.2. The topological polar surface area (TPSA) is 39.4 Å². The molecule has 5 rings (SSSR count). The van der Waals surface area contributed by atoms with Crippen LogP contribution >= 0.6 is 0 Å². The van der Waals surface area contributed by atoms with Crippen molar-refractivity contribution in [1.29, 1.82) is 0 Å². The molecule has 34 heavy (non-hydrogen) atoms. The molecule has 0 radical (unpaired) electrons. The minimum Gasteiger partial charge on any atom is -0.455 e. The van der Waals surface area contributed by atoms with E-state index in [1.165, 1.54) is 17.2 Å². The molecule has 0 spiro atoms. The lowest BCUT2D eigenvalue weighted by Crippen LogP contribution is -2.13. The summed E-state index contributed by atoms with van der Waals surface area (Å²) in [5.74, 6) is 1.28. The zero-order chi connectivity index (χ0) is 24.3. The smallest absolute Gasteiger partial charge is 0.339 e. The van der Waals surface area contributed by atoms with E-state index in [2.05, 4.69) is 96.1 Å². The fourth-order valence-electron chi connectivity index (χ4n) is 4.51. The second-order valence-electron chi connectivity index (χ2n) is 11.1. The van der Waals surface area contributed by atoms with Crippen molar-refractivity contribution in [2.45, 2.75) is 52.4 Å². The molecule has 0 fully saturated rings. The molecule has 0 saturated heterocycles. The van der Waals surface area contributed by atoms with Crippen LogP contribution in [0, 0.1) is 0 Å². The SMILES string of the molecule is CC(C)(C)c1ccc(C2=C(c3ccc(C(C)(C)C)cc3)c3cccc4oc(=O)cc(c34)O2)cc1. The Bertz CT molecular complexity index is 1470. The summed E-state index contributed by atoms with van der Waals surface area (Å²) in [5, 5.41) is 0.826. The number of hydrogen-bond donors (Lipinski definition) is 0. The number of ether oxygens (including phenoxy) is 1. The van der Waals surface area contributed by atoms with Gasteiger partial charge in [-0.1, -0.05) is 102 Å². The van der Waals surface area contributed by atoms with E-state index in [9.17, 15) is 4.79 Å². The van der Waals surface area contributed by atoms with Gasteiger partial charge in [0.1, 0.15) is 17.1 Å². The van der Waals surface area contributed by atoms with Gasteiger partial charge in [-0.15, -0.1) is 0 Å². The molecule has 0 aliphatic carbocycles. The van der Waals surface area contributed by atoms with Gasteiger partial charge in [0.05, 0.1) is 11.5 Å². The van der Waals surface area contributed by atoms with Crippen molar-refractivity contribution in [3.05, 3.63) is 111 Å². The van der Waals surface area contributed by atoms with Gasteiger partial charge in [-0.05, 0) is 33.6 Å². The monoisotopic (exact) mass is 450 g/mol. The number of hydrogen-bond acceptors (Lipinski definition) is 3. The minimum atomic E-state index is -0.417. The molecule has 0 bridgehead atoms. The van der Waals surface area contributed by atoms with Crippen LogP contribution in [0.15, 0.2) is 82.0 Å². The molecule has 2 heterocycles. The highest BCUT2D eigenvalue weighted by molar-refractivity contribution is 6.08. The third-order valence-corrected chi connectivity index (χ3v) is 6.49. The lowest BCUT2D eigenvalue weighted by atomic mass is 9.84. The molecule has 3 heteroatoms. The molecule has 1 aliphatic rings. The summed E-state index contributed by atoms with van der Waals surface area (Å²) in [6.07, 6.45) is 0. The molecule has 4 aromatic rings. The molecule has 3 aromatic carbocycles. The van der Waals surface area contributed by atoms with Crippen LogP contribution < -0.4 is 10.4 Å². The van der Waals surface area contributed by atoms with E-state index in [0.29, 0.717) is 11.3 Å². The first-order valence-corrected chi connectivity index (χ1v) is 11.7. The standard InChI is InChI=1S/C31H30O3/c1-30(2,3)21-14-10-19(11-15-21)27-23-8-7-9-24-28(23)25(18-26(32)33-24)34-29(27)20-12-16-22(17-13-20)31(4,5)6/h7-18H,1-6H3. The van der Waals surface area contributed by atoms with Crippen LogP contribution in [0.5, 0.6) is 5.75 Å². The summed E-state index contributed by atoms with van der Waals surface area (Å²) in [5.41, 5.74) is 6.80. The molecule has 0 unspecified atom stereocenters. The Hall–Kier alpha value is -3.59. The summed E-state index contributed by atoms with van der Waals surface area (Å²) in [7, 11) is 0. The average molecular weight is 451 g/mol. The molecule has 1 aromatic heterocycles.